The lowest BCUT2D eigenvalue weighted by Gasteiger charge is -2.27. The normalized spacial score (nSPS) is 21.9. The molecule has 7 heteroatoms. The van der Waals surface area contributed by atoms with Gasteiger partial charge in [-0.15, -0.1) is 0 Å². The van der Waals surface area contributed by atoms with E-state index >= 15 is 0 Å². The van der Waals surface area contributed by atoms with Crippen LogP contribution in [0.3, 0.4) is 0 Å². The predicted octanol–water partition coefficient (Wildman–Crippen LogP) is 1.35. The number of phosphoric acid groups is 1. The van der Waals surface area contributed by atoms with Crippen LogP contribution in [0.15, 0.2) is 0 Å². The molecule has 140 valence electrons. The average molecular weight is 352 g/mol. The van der Waals surface area contributed by atoms with Crippen molar-refractivity contribution in [3.05, 3.63) is 0 Å². The fourth-order valence-corrected chi connectivity index (χ4v) is 3.30. The zero-order valence-electron chi connectivity index (χ0n) is 15.8. The van der Waals surface area contributed by atoms with Gasteiger partial charge in [0.05, 0.1) is 61.2 Å². The molecule has 0 aromatic heterocycles. The van der Waals surface area contributed by atoms with E-state index in [-0.39, 0.29) is 6.61 Å². The zero-order chi connectivity index (χ0) is 18.0. The summed E-state index contributed by atoms with van der Waals surface area (Å²) in [6, 6.07) is 0. The SMILES string of the molecule is CCOP(=O)([O-])[O-].CC[N+]1(C)CCCC1.CC[N+]1(C)CCCC1. The molecule has 0 saturated carbocycles. The van der Waals surface area contributed by atoms with Crippen LogP contribution < -0.4 is 9.79 Å². The Labute approximate surface area is 142 Å². The van der Waals surface area contributed by atoms with Gasteiger partial charge < -0.3 is 27.8 Å². The first kappa shape index (κ1) is 23.0. The molecule has 0 aromatic rings. The lowest BCUT2D eigenvalue weighted by atomic mass is 10.4. The zero-order valence-corrected chi connectivity index (χ0v) is 16.6. The molecule has 0 aromatic carbocycles. The Morgan fingerprint density at radius 1 is 0.826 bits per heavy atom. The maximum atomic E-state index is 9.48. The van der Waals surface area contributed by atoms with Crippen molar-refractivity contribution in [2.45, 2.75) is 46.5 Å². The van der Waals surface area contributed by atoms with Gasteiger partial charge in [-0.25, -0.2) is 0 Å². The van der Waals surface area contributed by atoms with Gasteiger partial charge in [-0.2, -0.15) is 0 Å². The summed E-state index contributed by atoms with van der Waals surface area (Å²) in [6.45, 7) is 14.2. The molecule has 0 spiro atoms. The van der Waals surface area contributed by atoms with Crippen molar-refractivity contribution in [1.82, 2.24) is 0 Å². The van der Waals surface area contributed by atoms with Crippen molar-refractivity contribution in [3.63, 3.8) is 0 Å². The van der Waals surface area contributed by atoms with E-state index in [1.54, 1.807) is 0 Å². The minimum absolute atomic E-state index is 0.0791. The summed E-state index contributed by atoms with van der Waals surface area (Å²) in [5, 5.41) is 0. The van der Waals surface area contributed by atoms with Crippen molar-refractivity contribution in [2.24, 2.45) is 0 Å². The second-order valence-electron chi connectivity index (χ2n) is 7.05. The second kappa shape index (κ2) is 10.8. The van der Waals surface area contributed by atoms with Gasteiger partial charge in [-0.3, -0.25) is 0 Å². The molecule has 0 unspecified atom stereocenters. The van der Waals surface area contributed by atoms with Crippen molar-refractivity contribution >= 4 is 7.82 Å². The topological polar surface area (TPSA) is 72.4 Å². The van der Waals surface area contributed by atoms with Crippen LogP contribution in [0.2, 0.25) is 0 Å². The van der Waals surface area contributed by atoms with Crippen LogP contribution in [0.25, 0.3) is 0 Å². The van der Waals surface area contributed by atoms with E-state index in [2.05, 4.69) is 32.5 Å². The number of hydrogen-bond acceptors (Lipinski definition) is 4. The monoisotopic (exact) mass is 352 g/mol. The summed E-state index contributed by atoms with van der Waals surface area (Å²) in [6.07, 6.45) is 5.80. The van der Waals surface area contributed by atoms with Crippen molar-refractivity contribution in [1.29, 1.82) is 0 Å². The Morgan fingerprint density at radius 3 is 1.22 bits per heavy atom. The number of hydrogen-bond donors (Lipinski definition) is 0. The Kier molecular flexibility index (Phi) is 10.8. The van der Waals surface area contributed by atoms with Crippen LogP contribution in [0, 0.1) is 0 Å². The summed E-state index contributed by atoms with van der Waals surface area (Å²) in [4.78, 5) is 19.0. The third kappa shape index (κ3) is 11.2. The molecule has 2 saturated heterocycles. The summed E-state index contributed by atoms with van der Waals surface area (Å²) in [5.74, 6) is 0. The Bertz CT molecular complexity index is 326. The fourth-order valence-electron chi connectivity index (χ4n) is 2.99. The largest absolute Gasteiger partial charge is 0.790 e. The molecule has 6 nitrogen and oxygen atoms in total. The van der Waals surface area contributed by atoms with Crippen molar-refractivity contribution in [2.75, 3.05) is 60.0 Å². The summed E-state index contributed by atoms with van der Waals surface area (Å²) < 4.78 is 15.8. The molecule has 23 heavy (non-hydrogen) atoms. The Hall–Kier alpha value is 0.0300. The maximum Gasteiger partial charge on any atom is 0.0786 e. The lowest BCUT2D eigenvalue weighted by molar-refractivity contribution is -0.895. The van der Waals surface area contributed by atoms with Crippen LogP contribution in [-0.2, 0) is 9.09 Å². The Balaban J connectivity index is 0.000000317. The van der Waals surface area contributed by atoms with Gasteiger partial charge in [0.15, 0.2) is 0 Å². The van der Waals surface area contributed by atoms with Crippen LogP contribution in [-0.4, -0.2) is 68.9 Å². The van der Waals surface area contributed by atoms with Crippen LogP contribution >= 0.6 is 7.82 Å². The Morgan fingerprint density at radius 2 is 1.13 bits per heavy atom. The quantitative estimate of drug-likeness (QED) is 0.565. The highest BCUT2D eigenvalue weighted by Gasteiger charge is 2.24. The average Bonchev–Trinajstić information content (AvgIpc) is 3.09. The first-order valence-electron chi connectivity index (χ1n) is 8.93. The van der Waals surface area contributed by atoms with E-state index in [4.69, 9.17) is 0 Å². The highest BCUT2D eigenvalue weighted by atomic mass is 31.2. The predicted molar refractivity (Wildman–Crippen MR) is 90.6 cm³/mol. The van der Waals surface area contributed by atoms with Crippen LogP contribution in [0.5, 0.6) is 0 Å². The fraction of sp³-hybridized carbons (Fsp3) is 1.00. The molecule has 0 amide bonds. The first-order chi connectivity index (χ1) is 10.6. The third-order valence-electron chi connectivity index (χ3n) is 5.11. The number of nitrogens with zero attached hydrogens (tertiary/aromatic N) is 2. The number of quaternary nitrogens is 2. The highest BCUT2D eigenvalue weighted by Crippen LogP contribution is 2.23. The highest BCUT2D eigenvalue weighted by molar-refractivity contribution is 7.43. The van der Waals surface area contributed by atoms with Gasteiger partial charge in [-0.05, 0) is 20.8 Å². The molecule has 0 bridgehead atoms. The smallest absolute Gasteiger partial charge is 0.0786 e. The van der Waals surface area contributed by atoms with E-state index in [1.807, 2.05) is 0 Å². The standard InChI is InChI=1S/2C7H16N.C2H7O4P/c2*1-3-8(2)6-4-5-7-8;1-2-6-7(3,4)5/h2*3-7H2,1-2H3;2H2,1H3,(H2,3,4,5)/q2*+1;/p-2. The van der Waals surface area contributed by atoms with Crippen molar-refractivity contribution < 1.29 is 27.8 Å². The molecule has 2 rings (SSSR count). The van der Waals surface area contributed by atoms with E-state index in [0.29, 0.717) is 0 Å². The molecule has 2 fully saturated rings. The van der Waals surface area contributed by atoms with E-state index in [1.165, 1.54) is 80.8 Å². The van der Waals surface area contributed by atoms with Gasteiger partial charge >= 0.3 is 0 Å². The molecule has 2 heterocycles. The molecular formula is C16H37N2O4P. The molecule has 0 radical (unpaired) electrons. The summed E-state index contributed by atoms with van der Waals surface area (Å²) in [7, 11) is 0.0426. The van der Waals surface area contributed by atoms with E-state index in [0.717, 1.165) is 0 Å². The minimum Gasteiger partial charge on any atom is -0.790 e. The van der Waals surface area contributed by atoms with Crippen LogP contribution in [0.4, 0.5) is 0 Å². The molecule has 2 aliphatic heterocycles. The van der Waals surface area contributed by atoms with Gasteiger partial charge in [0.25, 0.3) is 0 Å². The third-order valence-corrected chi connectivity index (χ3v) is 5.68. The molecule has 0 aliphatic carbocycles. The molecule has 0 atom stereocenters. The molecule has 2 aliphatic rings. The number of likely N-dealkylation sites (tertiary alicyclic amines) is 2. The van der Waals surface area contributed by atoms with E-state index < -0.39 is 7.82 Å². The van der Waals surface area contributed by atoms with Gasteiger partial charge in [0.2, 0.25) is 0 Å². The van der Waals surface area contributed by atoms with Gasteiger partial charge in [0.1, 0.15) is 0 Å². The summed E-state index contributed by atoms with van der Waals surface area (Å²) >= 11 is 0. The van der Waals surface area contributed by atoms with Crippen LogP contribution in [0.1, 0.15) is 46.5 Å². The number of phosphoric ester groups is 1. The minimum atomic E-state index is -4.67. The number of rotatable bonds is 4. The second-order valence-corrected chi connectivity index (χ2v) is 8.20. The first-order valence-corrected chi connectivity index (χ1v) is 10.4. The van der Waals surface area contributed by atoms with Gasteiger partial charge in [-0.1, -0.05) is 0 Å². The molecule has 0 N–H and O–H groups in total. The molecular weight excluding hydrogens is 315 g/mol. The maximum absolute atomic E-state index is 9.48. The lowest BCUT2D eigenvalue weighted by Crippen LogP contribution is -2.40. The summed E-state index contributed by atoms with van der Waals surface area (Å²) in [5.41, 5.74) is 0. The van der Waals surface area contributed by atoms with Crippen molar-refractivity contribution in [3.8, 4) is 0 Å². The van der Waals surface area contributed by atoms with Gasteiger partial charge in [0, 0.05) is 32.3 Å². The van der Waals surface area contributed by atoms with E-state index in [9.17, 15) is 14.4 Å².